The average Bonchev–Trinajstić information content (AvgIpc) is 2.78. The molecule has 140 valence electrons. The van der Waals surface area contributed by atoms with Gasteiger partial charge >= 0.3 is 0 Å². The fraction of sp³-hybridized carbons (Fsp3) is 0.0435. The van der Waals surface area contributed by atoms with E-state index < -0.39 is 0 Å². The number of benzene rings is 1. The molecule has 0 saturated carbocycles. The minimum Gasteiger partial charge on any atom is -0.497 e. The summed E-state index contributed by atoms with van der Waals surface area (Å²) in [5.41, 5.74) is 2.43. The zero-order chi connectivity index (χ0) is 20.2. The van der Waals surface area contributed by atoms with Crippen LogP contribution in [0.2, 0.25) is 0 Å². The molecule has 0 bridgehead atoms. The van der Waals surface area contributed by atoms with Crippen LogP contribution in [0.5, 0.6) is 5.75 Å². The molecule has 0 radical (unpaired) electrons. The summed E-state index contributed by atoms with van der Waals surface area (Å²) in [5.74, 6) is 0.694. The number of aromatic nitrogens is 3. The predicted molar refractivity (Wildman–Crippen MR) is 112 cm³/mol. The number of rotatable bonds is 4. The maximum absolute atomic E-state index is 13.3. The fourth-order valence-corrected chi connectivity index (χ4v) is 3.10. The van der Waals surface area contributed by atoms with Gasteiger partial charge in [0.2, 0.25) is 0 Å². The van der Waals surface area contributed by atoms with E-state index in [0.717, 1.165) is 5.39 Å². The van der Waals surface area contributed by atoms with Crippen molar-refractivity contribution in [2.24, 2.45) is 0 Å². The monoisotopic (exact) mass is 380 g/mol. The molecule has 3 heterocycles. The van der Waals surface area contributed by atoms with Crippen molar-refractivity contribution in [3.63, 3.8) is 0 Å². The van der Waals surface area contributed by atoms with Crippen LogP contribution < -0.4 is 10.3 Å². The molecule has 0 atom stereocenters. The third-order valence-corrected chi connectivity index (χ3v) is 4.53. The van der Waals surface area contributed by atoms with Gasteiger partial charge in [-0.1, -0.05) is 0 Å². The summed E-state index contributed by atoms with van der Waals surface area (Å²) in [6, 6.07) is 18.3. The highest BCUT2D eigenvalue weighted by Crippen LogP contribution is 2.21. The normalized spacial score (nSPS) is 11.2. The Labute approximate surface area is 167 Å². The van der Waals surface area contributed by atoms with Crippen molar-refractivity contribution >= 4 is 22.7 Å². The zero-order valence-electron chi connectivity index (χ0n) is 15.6. The number of hydrogen-bond donors (Lipinski definition) is 0. The minimum atomic E-state index is -0.261. The Bertz CT molecular complexity index is 1300. The highest BCUT2D eigenvalue weighted by Gasteiger charge is 2.12. The summed E-state index contributed by atoms with van der Waals surface area (Å²) in [4.78, 5) is 21.7. The molecule has 4 aromatic rings. The molecule has 3 aromatic heterocycles. The standard InChI is InChI=1S/C23H16N4O2/c1-29-21-6-4-20(5-7-21)27-22-17(3-2-10-26-22)13-18(23(27)28)14-19(15-24)16-8-11-25-12-9-16/h2-14H,1H3. The van der Waals surface area contributed by atoms with E-state index in [1.54, 1.807) is 78.8 Å². The number of pyridine rings is 3. The average molecular weight is 380 g/mol. The SMILES string of the molecule is COc1ccc(-n2c(=O)c(C=C(C#N)c3ccncc3)cc3cccnc32)cc1. The Balaban J connectivity index is 1.97. The van der Waals surface area contributed by atoms with Crippen LogP contribution in [0.25, 0.3) is 28.4 Å². The van der Waals surface area contributed by atoms with Crippen LogP contribution in [-0.2, 0) is 0 Å². The third-order valence-electron chi connectivity index (χ3n) is 4.53. The van der Waals surface area contributed by atoms with Gasteiger partial charge in [-0.3, -0.25) is 14.3 Å². The van der Waals surface area contributed by atoms with Gasteiger partial charge in [-0.15, -0.1) is 0 Å². The minimum absolute atomic E-state index is 0.261. The molecule has 0 aliphatic rings. The van der Waals surface area contributed by atoms with Crippen LogP contribution in [0, 0.1) is 11.3 Å². The van der Waals surface area contributed by atoms with Gasteiger partial charge in [-0.2, -0.15) is 5.26 Å². The highest BCUT2D eigenvalue weighted by molar-refractivity contribution is 5.91. The van der Waals surface area contributed by atoms with Crippen molar-refractivity contribution in [1.82, 2.24) is 14.5 Å². The molecule has 6 heteroatoms. The van der Waals surface area contributed by atoms with E-state index in [-0.39, 0.29) is 5.56 Å². The molecule has 0 N–H and O–H groups in total. The smallest absolute Gasteiger partial charge is 0.264 e. The van der Waals surface area contributed by atoms with Gasteiger partial charge in [0.15, 0.2) is 0 Å². The Morgan fingerprint density at radius 3 is 2.55 bits per heavy atom. The lowest BCUT2D eigenvalue weighted by molar-refractivity contribution is 0.414. The first-order chi connectivity index (χ1) is 14.2. The lowest BCUT2D eigenvalue weighted by atomic mass is 10.0. The lowest BCUT2D eigenvalue weighted by Crippen LogP contribution is -2.21. The van der Waals surface area contributed by atoms with Crippen molar-refractivity contribution in [1.29, 1.82) is 5.26 Å². The molecule has 1 aromatic carbocycles. The number of nitrogens with zero attached hydrogens (tertiary/aromatic N) is 4. The Morgan fingerprint density at radius 2 is 1.86 bits per heavy atom. The van der Waals surface area contributed by atoms with Gasteiger partial charge in [0.25, 0.3) is 5.56 Å². The van der Waals surface area contributed by atoms with E-state index in [0.29, 0.717) is 33.8 Å². The third kappa shape index (κ3) is 3.49. The first-order valence-electron chi connectivity index (χ1n) is 8.88. The Kier molecular flexibility index (Phi) is 4.87. The van der Waals surface area contributed by atoms with Crippen molar-refractivity contribution in [2.75, 3.05) is 7.11 Å². The molecule has 0 spiro atoms. The van der Waals surface area contributed by atoms with Crippen LogP contribution in [0.4, 0.5) is 0 Å². The number of nitriles is 1. The van der Waals surface area contributed by atoms with E-state index in [1.165, 1.54) is 0 Å². The Morgan fingerprint density at radius 1 is 1.10 bits per heavy atom. The molecule has 0 aliphatic heterocycles. The quantitative estimate of drug-likeness (QED) is 0.502. The molecule has 0 amide bonds. The van der Waals surface area contributed by atoms with Gasteiger partial charge in [0.05, 0.1) is 24.4 Å². The first kappa shape index (κ1) is 18.1. The van der Waals surface area contributed by atoms with E-state index in [4.69, 9.17) is 4.74 Å². The van der Waals surface area contributed by atoms with Crippen LogP contribution in [0.3, 0.4) is 0 Å². The molecule has 0 unspecified atom stereocenters. The summed E-state index contributed by atoms with van der Waals surface area (Å²) in [7, 11) is 1.59. The topological polar surface area (TPSA) is 80.8 Å². The number of hydrogen-bond acceptors (Lipinski definition) is 5. The van der Waals surface area contributed by atoms with Crippen LogP contribution >= 0.6 is 0 Å². The van der Waals surface area contributed by atoms with Crippen LogP contribution in [0.15, 0.2) is 78.0 Å². The van der Waals surface area contributed by atoms with E-state index >= 15 is 0 Å². The number of allylic oxidation sites excluding steroid dienone is 1. The molecule has 6 nitrogen and oxygen atoms in total. The van der Waals surface area contributed by atoms with Crippen molar-refractivity contribution in [2.45, 2.75) is 0 Å². The highest BCUT2D eigenvalue weighted by atomic mass is 16.5. The fourth-order valence-electron chi connectivity index (χ4n) is 3.10. The molecule has 0 fully saturated rings. The van der Waals surface area contributed by atoms with Gasteiger partial charge in [-0.25, -0.2) is 4.98 Å². The van der Waals surface area contributed by atoms with Gasteiger partial charge in [-0.05, 0) is 66.2 Å². The largest absolute Gasteiger partial charge is 0.497 e. The summed E-state index contributed by atoms with van der Waals surface area (Å²) in [6.45, 7) is 0. The zero-order valence-corrected chi connectivity index (χ0v) is 15.6. The van der Waals surface area contributed by atoms with E-state index in [1.807, 2.05) is 12.1 Å². The number of fused-ring (bicyclic) bond motifs is 1. The predicted octanol–water partition coefficient (Wildman–Crippen LogP) is 3.85. The van der Waals surface area contributed by atoms with E-state index in [2.05, 4.69) is 16.0 Å². The maximum atomic E-state index is 13.3. The van der Waals surface area contributed by atoms with Crippen LogP contribution in [0.1, 0.15) is 11.1 Å². The molecular weight excluding hydrogens is 364 g/mol. The molecule has 0 aliphatic carbocycles. The second-order valence-corrected chi connectivity index (χ2v) is 6.26. The Hall–Kier alpha value is -4.24. The lowest BCUT2D eigenvalue weighted by Gasteiger charge is -2.12. The van der Waals surface area contributed by atoms with Crippen molar-refractivity contribution < 1.29 is 4.74 Å². The molecule has 29 heavy (non-hydrogen) atoms. The summed E-state index contributed by atoms with van der Waals surface area (Å²) < 4.78 is 6.75. The number of methoxy groups -OCH3 is 1. The van der Waals surface area contributed by atoms with Crippen molar-refractivity contribution in [3.8, 4) is 17.5 Å². The van der Waals surface area contributed by atoms with Crippen molar-refractivity contribution in [3.05, 3.63) is 94.7 Å². The summed E-state index contributed by atoms with van der Waals surface area (Å²) in [6.07, 6.45) is 6.47. The summed E-state index contributed by atoms with van der Waals surface area (Å²) >= 11 is 0. The summed E-state index contributed by atoms with van der Waals surface area (Å²) in [5, 5.41) is 10.4. The first-order valence-corrected chi connectivity index (χ1v) is 8.88. The van der Waals surface area contributed by atoms with Gasteiger partial charge in [0.1, 0.15) is 11.4 Å². The maximum Gasteiger partial charge on any atom is 0.264 e. The second-order valence-electron chi connectivity index (χ2n) is 6.26. The van der Waals surface area contributed by atoms with Gasteiger partial charge < -0.3 is 4.74 Å². The second kappa shape index (κ2) is 7.79. The van der Waals surface area contributed by atoms with Crippen LogP contribution in [-0.4, -0.2) is 21.6 Å². The van der Waals surface area contributed by atoms with Gasteiger partial charge in [0, 0.05) is 29.5 Å². The molecule has 0 saturated heterocycles. The number of ether oxygens (including phenoxy) is 1. The molecule has 4 rings (SSSR count). The molecular formula is C23H16N4O2. The van der Waals surface area contributed by atoms with E-state index in [9.17, 15) is 10.1 Å².